The van der Waals surface area contributed by atoms with Crippen molar-refractivity contribution in [2.75, 3.05) is 0 Å². The summed E-state index contributed by atoms with van der Waals surface area (Å²) in [6.07, 6.45) is 20.3. The van der Waals surface area contributed by atoms with Crippen molar-refractivity contribution in [3.63, 3.8) is 0 Å². The van der Waals surface area contributed by atoms with Gasteiger partial charge in [-0.1, -0.05) is 134 Å². The summed E-state index contributed by atoms with van der Waals surface area (Å²) in [5.74, 6) is 1.02. The SMILES string of the molecule is Cc1c(-n2c3ccccc3c3c4c(ccc32)CCC(c2ccc(-c3ccc5sc6ccccc6c5c3)cc2)=C4)nc(C2=CC=C(C3=CC=CCC3)CC2)c2ccccc12. The third-order valence-electron chi connectivity index (χ3n) is 13.1. The molecule has 2 nitrogen and oxygen atoms in total. The molecule has 0 atom stereocenters. The number of hydrogen-bond donors (Lipinski definition) is 0. The normalized spacial score (nSPS) is 15.5. The smallest absolute Gasteiger partial charge is 0.141 e. The van der Waals surface area contributed by atoms with E-state index in [1.54, 1.807) is 0 Å². The molecule has 3 heterocycles. The average molecular weight is 775 g/mol. The molecule has 0 radical (unpaired) electrons. The lowest BCUT2D eigenvalue weighted by Gasteiger charge is -2.21. The van der Waals surface area contributed by atoms with Gasteiger partial charge in [0.2, 0.25) is 0 Å². The lowest BCUT2D eigenvalue weighted by Crippen LogP contribution is -2.07. The van der Waals surface area contributed by atoms with Gasteiger partial charge in [0.1, 0.15) is 5.82 Å². The topological polar surface area (TPSA) is 17.8 Å². The second-order valence-electron chi connectivity index (χ2n) is 16.4. The number of pyridine rings is 1. The number of aromatic nitrogens is 2. The van der Waals surface area contributed by atoms with E-state index in [0.717, 1.165) is 50.0 Å². The number of para-hydroxylation sites is 1. The van der Waals surface area contributed by atoms with Gasteiger partial charge >= 0.3 is 0 Å². The van der Waals surface area contributed by atoms with Gasteiger partial charge in [0.15, 0.2) is 0 Å². The first kappa shape index (κ1) is 34.5. The summed E-state index contributed by atoms with van der Waals surface area (Å²) in [6, 6.07) is 47.5. The van der Waals surface area contributed by atoms with Crippen LogP contribution in [0.5, 0.6) is 0 Å². The molecule has 0 spiro atoms. The second kappa shape index (κ2) is 13.8. The quantitative estimate of drug-likeness (QED) is 0.170. The molecule has 282 valence electrons. The van der Waals surface area contributed by atoms with Crippen LogP contribution >= 0.6 is 11.3 Å². The molecule has 12 rings (SSSR count). The fraction of sp³-hybridized carbons (Fsp3) is 0.125. The van der Waals surface area contributed by atoms with Gasteiger partial charge in [0, 0.05) is 41.9 Å². The van der Waals surface area contributed by atoms with E-state index >= 15 is 0 Å². The minimum Gasteiger partial charge on any atom is -0.294 e. The monoisotopic (exact) mass is 774 g/mol. The molecule has 0 aliphatic heterocycles. The maximum absolute atomic E-state index is 5.67. The van der Waals surface area contributed by atoms with E-state index < -0.39 is 0 Å². The van der Waals surface area contributed by atoms with Crippen LogP contribution in [0.15, 0.2) is 169 Å². The Balaban J connectivity index is 0.970. The van der Waals surface area contributed by atoms with Crippen molar-refractivity contribution in [1.29, 1.82) is 0 Å². The molecule has 3 aliphatic carbocycles. The van der Waals surface area contributed by atoms with Gasteiger partial charge in [-0.25, -0.2) is 4.98 Å². The predicted molar refractivity (Wildman–Crippen MR) is 254 cm³/mol. The highest BCUT2D eigenvalue weighted by molar-refractivity contribution is 7.25. The number of thiophene rings is 1. The molecule has 59 heavy (non-hydrogen) atoms. The molecule has 0 N–H and O–H groups in total. The maximum Gasteiger partial charge on any atom is 0.141 e. The first-order valence-corrected chi connectivity index (χ1v) is 21.9. The van der Waals surface area contributed by atoms with E-state index in [-0.39, 0.29) is 0 Å². The number of rotatable bonds is 5. The van der Waals surface area contributed by atoms with E-state index in [2.05, 4.69) is 175 Å². The number of aryl methyl sites for hydroxylation is 2. The van der Waals surface area contributed by atoms with Crippen molar-refractivity contribution >= 4 is 81.3 Å². The highest BCUT2D eigenvalue weighted by Gasteiger charge is 2.24. The Morgan fingerprint density at radius 2 is 1.22 bits per heavy atom. The third kappa shape index (κ3) is 5.63. The fourth-order valence-corrected chi connectivity index (χ4v) is 11.2. The van der Waals surface area contributed by atoms with Crippen molar-refractivity contribution in [1.82, 2.24) is 9.55 Å². The molecule has 6 aromatic carbocycles. The Hall–Kier alpha value is -6.55. The molecular formula is C56H42N2S. The molecule has 9 aromatic rings. The summed E-state index contributed by atoms with van der Waals surface area (Å²) in [6.45, 7) is 2.26. The van der Waals surface area contributed by atoms with Crippen LogP contribution in [0.2, 0.25) is 0 Å². The Bertz CT molecular complexity index is 3380. The number of allylic oxidation sites excluding steroid dienone is 9. The summed E-state index contributed by atoms with van der Waals surface area (Å²) in [5.41, 5.74) is 17.0. The zero-order chi connectivity index (χ0) is 39.0. The minimum atomic E-state index is 0.989. The highest BCUT2D eigenvalue weighted by atomic mass is 32.1. The first-order chi connectivity index (χ1) is 29.2. The zero-order valence-corrected chi connectivity index (χ0v) is 34.0. The van der Waals surface area contributed by atoms with E-state index in [4.69, 9.17) is 4.98 Å². The molecule has 3 heteroatoms. The molecule has 0 unspecified atom stereocenters. The van der Waals surface area contributed by atoms with Gasteiger partial charge in [0.25, 0.3) is 0 Å². The minimum absolute atomic E-state index is 0.989. The van der Waals surface area contributed by atoms with Gasteiger partial charge in [-0.2, -0.15) is 0 Å². The third-order valence-corrected chi connectivity index (χ3v) is 14.3. The summed E-state index contributed by atoms with van der Waals surface area (Å²) in [5, 5.41) is 7.78. The first-order valence-electron chi connectivity index (χ1n) is 21.1. The van der Waals surface area contributed by atoms with Crippen LogP contribution in [0.4, 0.5) is 0 Å². The predicted octanol–water partition coefficient (Wildman–Crippen LogP) is 15.5. The van der Waals surface area contributed by atoms with Crippen molar-refractivity contribution in [3.8, 4) is 16.9 Å². The van der Waals surface area contributed by atoms with Gasteiger partial charge in [-0.05, 0) is 131 Å². The number of fused-ring (bicyclic) bond motifs is 9. The van der Waals surface area contributed by atoms with Gasteiger partial charge < -0.3 is 0 Å². The average Bonchev–Trinajstić information content (AvgIpc) is 3.85. The Kier molecular flexibility index (Phi) is 8.06. The summed E-state index contributed by atoms with van der Waals surface area (Å²) < 4.78 is 5.14. The fourth-order valence-electron chi connectivity index (χ4n) is 10.1. The van der Waals surface area contributed by atoms with Crippen LogP contribution < -0.4 is 0 Å². The molecule has 3 aliphatic rings. The van der Waals surface area contributed by atoms with Crippen LogP contribution in [-0.4, -0.2) is 9.55 Å². The van der Waals surface area contributed by atoms with E-state index in [9.17, 15) is 0 Å². The Morgan fingerprint density at radius 3 is 2.05 bits per heavy atom. The molecule has 3 aromatic heterocycles. The Labute approximate surface area is 348 Å². The number of benzene rings is 6. The van der Waals surface area contributed by atoms with E-state index in [1.807, 2.05) is 11.3 Å². The Morgan fingerprint density at radius 1 is 0.525 bits per heavy atom. The zero-order valence-electron chi connectivity index (χ0n) is 33.1. The van der Waals surface area contributed by atoms with Gasteiger partial charge in [-0.3, -0.25) is 4.57 Å². The van der Waals surface area contributed by atoms with Gasteiger partial charge in [0.05, 0.1) is 16.7 Å². The molecular weight excluding hydrogens is 733 g/mol. The molecule has 0 amide bonds. The largest absolute Gasteiger partial charge is 0.294 e. The summed E-state index contributed by atoms with van der Waals surface area (Å²) in [4.78, 5) is 5.67. The van der Waals surface area contributed by atoms with Crippen molar-refractivity contribution in [2.24, 2.45) is 0 Å². The maximum atomic E-state index is 5.67. The van der Waals surface area contributed by atoms with E-state index in [0.29, 0.717) is 0 Å². The van der Waals surface area contributed by atoms with Crippen LogP contribution in [0.1, 0.15) is 60.1 Å². The number of nitrogens with zero attached hydrogens (tertiary/aromatic N) is 2. The van der Waals surface area contributed by atoms with E-state index in [1.165, 1.54) is 108 Å². The molecule has 0 saturated carbocycles. The van der Waals surface area contributed by atoms with Crippen molar-refractivity contribution in [2.45, 2.75) is 45.4 Å². The second-order valence-corrected chi connectivity index (χ2v) is 17.5. The summed E-state index contributed by atoms with van der Waals surface area (Å²) >= 11 is 1.87. The summed E-state index contributed by atoms with van der Waals surface area (Å²) in [7, 11) is 0. The van der Waals surface area contributed by atoms with Crippen LogP contribution in [0, 0.1) is 6.92 Å². The lowest BCUT2D eigenvalue weighted by atomic mass is 9.86. The lowest BCUT2D eigenvalue weighted by molar-refractivity contribution is 0.902. The number of hydrogen-bond acceptors (Lipinski definition) is 2. The molecule has 0 fully saturated rings. The van der Waals surface area contributed by atoms with Crippen LogP contribution in [0.3, 0.4) is 0 Å². The standard InChI is InChI=1S/C56H42N2S/c1-35-44-13-5-6-15-46(44)55(41-26-23-37(24-27-41)36-11-3-2-4-12-36)57-56(35)58-50-17-9-7-16-47(50)54-48-33-42(28-25-40(48)29-31-51(54)58)38-19-21-39(22-20-38)43-30-32-53-49(34-43)45-14-8-10-18-52(45)59-53/h2-3,5-11,13-23,26,29-34H,4,12,24-25,27-28H2,1H3. The highest BCUT2D eigenvalue weighted by Crippen LogP contribution is 2.43. The van der Waals surface area contributed by atoms with Crippen LogP contribution in [0.25, 0.3) is 86.9 Å². The van der Waals surface area contributed by atoms with Crippen molar-refractivity contribution < 1.29 is 0 Å². The molecule has 0 bridgehead atoms. The van der Waals surface area contributed by atoms with Crippen molar-refractivity contribution in [3.05, 3.63) is 197 Å². The van der Waals surface area contributed by atoms with Crippen LogP contribution in [-0.2, 0) is 6.42 Å². The van der Waals surface area contributed by atoms with Gasteiger partial charge in [-0.15, -0.1) is 11.3 Å². The molecule has 0 saturated heterocycles.